The van der Waals surface area contributed by atoms with E-state index in [0.29, 0.717) is 12.5 Å². The lowest BCUT2D eigenvalue weighted by molar-refractivity contribution is 0.171. The van der Waals surface area contributed by atoms with Crippen molar-refractivity contribution in [2.45, 2.75) is 25.8 Å². The van der Waals surface area contributed by atoms with Crippen LogP contribution in [0.5, 0.6) is 0 Å². The maximum atomic E-state index is 12.9. The molecule has 29 heavy (non-hydrogen) atoms. The van der Waals surface area contributed by atoms with E-state index in [1.807, 2.05) is 36.4 Å². The molecule has 0 N–H and O–H groups in total. The number of benzene rings is 2. The van der Waals surface area contributed by atoms with E-state index in [4.69, 9.17) is 0 Å². The zero-order valence-electron chi connectivity index (χ0n) is 16.6. The lowest BCUT2D eigenvalue weighted by Crippen LogP contribution is -2.38. The monoisotopic (exact) mass is 409 g/mol. The fourth-order valence-corrected chi connectivity index (χ4v) is 3.99. The Kier molecular flexibility index (Phi) is 7.62. The van der Waals surface area contributed by atoms with Gasteiger partial charge in [-0.3, -0.25) is 4.79 Å². The molecule has 1 aliphatic rings. The first-order valence-electron chi connectivity index (χ1n) is 10.2. The van der Waals surface area contributed by atoms with E-state index in [-0.39, 0.29) is 18.0 Å². The topological polar surface area (TPSA) is 38.1 Å². The molecular weight excluding hydrogens is 382 g/mol. The number of aromatic nitrogens is 2. The van der Waals surface area contributed by atoms with Crippen molar-refractivity contribution in [3.63, 3.8) is 0 Å². The zero-order chi connectivity index (χ0) is 19.2. The summed E-state index contributed by atoms with van der Waals surface area (Å²) in [5, 5.41) is 4.34. The summed E-state index contributed by atoms with van der Waals surface area (Å²) in [5.41, 5.74) is 3.11. The van der Waals surface area contributed by atoms with Gasteiger partial charge in [0.25, 0.3) is 5.56 Å². The molecule has 3 aromatic rings. The van der Waals surface area contributed by atoms with Crippen LogP contribution in [0.25, 0.3) is 11.1 Å². The Morgan fingerprint density at radius 1 is 0.897 bits per heavy atom. The summed E-state index contributed by atoms with van der Waals surface area (Å²) in [7, 11) is 0. The number of piperidine rings is 1. The summed E-state index contributed by atoms with van der Waals surface area (Å²) in [6, 6.07) is 22.3. The average molecular weight is 410 g/mol. The van der Waals surface area contributed by atoms with Crippen LogP contribution in [0.1, 0.15) is 18.4 Å². The van der Waals surface area contributed by atoms with Crippen LogP contribution in [0.2, 0.25) is 0 Å². The van der Waals surface area contributed by atoms with Crippen molar-refractivity contribution < 1.29 is 0 Å². The molecule has 1 aliphatic heterocycles. The molecule has 1 aromatic heterocycles. The van der Waals surface area contributed by atoms with Gasteiger partial charge in [-0.15, -0.1) is 12.4 Å². The van der Waals surface area contributed by atoms with E-state index in [1.165, 1.54) is 5.56 Å². The van der Waals surface area contributed by atoms with E-state index in [0.717, 1.165) is 50.0 Å². The van der Waals surface area contributed by atoms with Crippen molar-refractivity contribution in [3.05, 3.63) is 88.8 Å². The SMILES string of the molecule is Cl.O=c1c(-c2ccccc2)ccnn1CC1CCN(CCc2ccccc2)CC1. The summed E-state index contributed by atoms with van der Waals surface area (Å²) in [6.07, 6.45) is 5.10. The Balaban J connectivity index is 0.00000240. The molecule has 4 nitrogen and oxygen atoms in total. The van der Waals surface area contributed by atoms with Crippen molar-refractivity contribution >= 4 is 12.4 Å². The fraction of sp³-hybridized carbons (Fsp3) is 0.333. The van der Waals surface area contributed by atoms with E-state index < -0.39 is 0 Å². The van der Waals surface area contributed by atoms with Crippen LogP contribution in [0.3, 0.4) is 0 Å². The Hall–Kier alpha value is -2.43. The van der Waals surface area contributed by atoms with E-state index in [1.54, 1.807) is 10.9 Å². The summed E-state index contributed by atoms with van der Waals surface area (Å²) in [6.45, 7) is 4.03. The lowest BCUT2D eigenvalue weighted by atomic mass is 9.96. The van der Waals surface area contributed by atoms with Gasteiger partial charge in [0.15, 0.2) is 0 Å². The number of halogens is 1. The predicted octanol–water partition coefficient (Wildman–Crippen LogP) is 4.29. The third-order valence-corrected chi connectivity index (χ3v) is 5.69. The van der Waals surface area contributed by atoms with Crippen molar-refractivity contribution in [2.24, 2.45) is 5.92 Å². The zero-order valence-corrected chi connectivity index (χ0v) is 17.4. The Bertz CT molecular complexity index is 935. The first kappa shape index (κ1) is 21.3. The van der Waals surface area contributed by atoms with Crippen molar-refractivity contribution in [3.8, 4) is 11.1 Å². The molecule has 0 aliphatic carbocycles. The van der Waals surface area contributed by atoms with Gasteiger partial charge in [0.1, 0.15) is 0 Å². The first-order chi connectivity index (χ1) is 13.8. The van der Waals surface area contributed by atoms with Crippen LogP contribution in [-0.4, -0.2) is 34.3 Å². The molecule has 0 amide bonds. The molecule has 2 heterocycles. The van der Waals surface area contributed by atoms with Crippen LogP contribution < -0.4 is 5.56 Å². The number of hydrogen-bond acceptors (Lipinski definition) is 3. The third kappa shape index (κ3) is 5.55. The standard InChI is InChI=1S/C24H27N3O.ClH/c28-24-23(22-9-5-2-6-10-22)11-15-25-27(24)19-21-13-17-26(18-14-21)16-12-20-7-3-1-4-8-20;/h1-11,15,21H,12-14,16-19H2;1H. The van der Waals surface area contributed by atoms with Gasteiger partial charge in [0.05, 0.1) is 5.56 Å². The highest BCUT2D eigenvalue weighted by Crippen LogP contribution is 2.19. The Morgan fingerprint density at radius 2 is 1.55 bits per heavy atom. The minimum Gasteiger partial charge on any atom is -0.303 e. The molecule has 152 valence electrons. The normalized spacial score (nSPS) is 15.0. The van der Waals surface area contributed by atoms with Gasteiger partial charge < -0.3 is 4.90 Å². The van der Waals surface area contributed by atoms with Crippen molar-refractivity contribution in [1.82, 2.24) is 14.7 Å². The second-order valence-electron chi connectivity index (χ2n) is 7.62. The summed E-state index contributed by atoms with van der Waals surface area (Å²) in [5.74, 6) is 0.518. The smallest absolute Gasteiger partial charge is 0.274 e. The molecule has 0 spiro atoms. The predicted molar refractivity (Wildman–Crippen MR) is 120 cm³/mol. The minimum absolute atomic E-state index is 0. The van der Waals surface area contributed by atoms with Crippen LogP contribution in [0.4, 0.5) is 0 Å². The number of hydrogen-bond donors (Lipinski definition) is 0. The van der Waals surface area contributed by atoms with Crippen LogP contribution in [0.15, 0.2) is 77.7 Å². The van der Waals surface area contributed by atoms with E-state index in [2.05, 4.69) is 40.3 Å². The van der Waals surface area contributed by atoms with Gasteiger partial charge in [-0.2, -0.15) is 5.10 Å². The van der Waals surface area contributed by atoms with E-state index >= 15 is 0 Å². The van der Waals surface area contributed by atoms with Gasteiger partial charge in [0, 0.05) is 19.3 Å². The molecule has 0 radical (unpaired) electrons. The quantitative estimate of drug-likeness (QED) is 0.609. The van der Waals surface area contributed by atoms with Crippen molar-refractivity contribution in [2.75, 3.05) is 19.6 Å². The lowest BCUT2D eigenvalue weighted by Gasteiger charge is -2.32. The summed E-state index contributed by atoms with van der Waals surface area (Å²) >= 11 is 0. The summed E-state index contributed by atoms with van der Waals surface area (Å²) < 4.78 is 1.66. The molecule has 0 saturated carbocycles. The first-order valence-corrected chi connectivity index (χ1v) is 10.2. The van der Waals surface area contributed by atoms with Crippen LogP contribution in [0, 0.1) is 5.92 Å². The van der Waals surface area contributed by atoms with Gasteiger partial charge in [0.2, 0.25) is 0 Å². The molecule has 4 rings (SSSR count). The highest BCUT2D eigenvalue weighted by Gasteiger charge is 2.20. The molecule has 0 atom stereocenters. The van der Waals surface area contributed by atoms with E-state index in [9.17, 15) is 4.79 Å². The maximum Gasteiger partial charge on any atom is 0.274 e. The van der Waals surface area contributed by atoms with Crippen molar-refractivity contribution in [1.29, 1.82) is 0 Å². The second-order valence-corrected chi connectivity index (χ2v) is 7.62. The Labute approximate surface area is 178 Å². The van der Waals surface area contributed by atoms with Crippen LogP contribution in [-0.2, 0) is 13.0 Å². The maximum absolute atomic E-state index is 12.9. The number of likely N-dealkylation sites (tertiary alicyclic amines) is 1. The van der Waals surface area contributed by atoms with Crippen LogP contribution >= 0.6 is 12.4 Å². The molecule has 0 bridgehead atoms. The van der Waals surface area contributed by atoms with Gasteiger partial charge >= 0.3 is 0 Å². The molecule has 0 unspecified atom stereocenters. The molecular formula is C24H28ClN3O. The number of rotatable bonds is 6. The number of nitrogens with zero attached hydrogens (tertiary/aromatic N) is 3. The van der Waals surface area contributed by atoms with Gasteiger partial charge in [-0.05, 0) is 55.5 Å². The van der Waals surface area contributed by atoms with Gasteiger partial charge in [-0.25, -0.2) is 4.68 Å². The second kappa shape index (κ2) is 10.4. The molecule has 5 heteroatoms. The largest absolute Gasteiger partial charge is 0.303 e. The fourth-order valence-electron chi connectivity index (χ4n) is 3.99. The highest BCUT2D eigenvalue weighted by atomic mass is 35.5. The molecule has 2 aromatic carbocycles. The highest BCUT2D eigenvalue weighted by molar-refractivity contribution is 5.85. The third-order valence-electron chi connectivity index (χ3n) is 5.69. The molecule has 1 fully saturated rings. The minimum atomic E-state index is 0. The molecule has 1 saturated heterocycles. The Morgan fingerprint density at radius 3 is 2.24 bits per heavy atom. The summed E-state index contributed by atoms with van der Waals surface area (Å²) in [4.78, 5) is 15.4. The average Bonchev–Trinajstić information content (AvgIpc) is 2.76. The van der Waals surface area contributed by atoms with Gasteiger partial charge in [-0.1, -0.05) is 60.7 Å².